The number of ether oxygens (including phenoxy) is 1. The van der Waals surface area contributed by atoms with E-state index in [1.54, 1.807) is 12.1 Å². The molecule has 1 aromatic rings. The summed E-state index contributed by atoms with van der Waals surface area (Å²) in [5.74, 6) is -1.75. The van der Waals surface area contributed by atoms with Gasteiger partial charge in [-0.25, -0.2) is 0 Å². The molecule has 28 heavy (non-hydrogen) atoms. The first-order valence-corrected chi connectivity index (χ1v) is 12.0. The molecule has 1 saturated heterocycles. The average Bonchev–Trinajstić information content (AvgIpc) is 3.34. The monoisotopic (exact) mass is 403 g/mol. The van der Waals surface area contributed by atoms with Crippen molar-refractivity contribution >= 4 is 25.8 Å². The Morgan fingerprint density at radius 3 is 2.54 bits per heavy atom. The summed E-state index contributed by atoms with van der Waals surface area (Å²) < 4.78 is 11.6. The van der Waals surface area contributed by atoms with E-state index in [0.29, 0.717) is 0 Å². The molecular weight excluding hydrogens is 378 g/mol. The second-order valence-electron chi connectivity index (χ2n) is 8.69. The van der Waals surface area contributed by atoms with Crippen LogP contribution >= 0.6 is 0 Å². The van der Waals surface area contributed by atoms with Crippen LogP contribution in [0.2, 0.25) is 18.1 Å². The van der Waals surface area contributed by atoms with Crippen LogP contribution in [0.1, 0.15) is 31.1 Å². The molecule has 3 rings (SSSR count). The minimum Gasteiger partial charge on any atom is -0.507 e. The highest BCUT2D eigenvalue weighted by molar-refractivity contribution is 6.74. The van der Waals surface area contributed by atoms with E-state index in [9.17, 15) is 19.5 Å². The Hall–Kier alpha value is -2.29. The number of aromatic hydroxyl groups is 1. The van der Waals surface area contributed by atoms with Crippen molar-refractivity contribution in [1.82, 2.24) is 5.32 Å². The Balaban J connectivity index is 1.73. The van der Waals surface area contributed by atoms with Crippen LogP contribution in [0.5, 0.6) is 5.75 Å². The zero-order chi connectivity index (χ0) is 20.9. The number of amides is 1. The van der Waals surface area contributed by atoms with Gasteiger partial charge in [-0.05, 0) is 30.3 Å². The number of fused-ring (bicyclic) bond motifs is 1. The first kappa shape index (κ1) is 20.4. The molecular formula is C20H25NO6Si. The number of carbonyl (C=O) groups excluding carboxylic acids is 3. The molecule has 1 aliphatic carbocycles. The van der Waals surface area contributed by atoms with Crippen LogP contribution in [0.4, 0.5) is 0 Å². The maximum absolute atomic E-state index is 12.6. The molecule has 1 fully saturated rings. The lowest BCUT2D eigenvalue weighted by Crippen LogP contribution is -2.47. The Morgan fingerprint density at radius 2 is 1.93 bits per heavy atom. The molecule has 8 heteroatoms. The highest BCUT2D eigenvalue weighted by Gasteiger charge is 2.68. The molecule has 150 valence electrons. The van der Waals surface area contributed by atoms with Crippen molar-refractivity contribution in [3.63, 3.8) is 0 Å². The van der Waals surface area contributed by atoms with E-state index in [4.69, 9.17) is 9.16 Å². The molecule has 1 amide bonds. The maximum Gasteiger partial charge on any atom is 0.259 e. The number of phenolic OH excluding ortho intramolecular Hbond substituents is 1. The van der Waals surface area contributed by atoms with Gasteiger partial charge in [-0.2, -0.15) is 0 Å². The quantitative estimate of drug-likeness (QED) is 0.577. The Bertz CT molecular complexity index is 885. The SMILES string of the molecule is CC(C)(C)[Si](C)(C)OCC12OC1C(=O)C(NC(=O)c1ccccc1O)=CC2=O. The van der Waals surface area contributed by atoms with Gasteiger partial charge in [0.2, 0.25) is 5.78 Å². The van der Waals surface area contributed by atoms with Gasteiger partial charge in [0.1, 0.15) is 5.75 Å². The molecule has 0 spiro atoms. The van der Waals surface area contributed by atoms with Crippen LogP contribution < -0.4 is 5.32 Å². The standard InChI is InChI=1S/C20H25NO6Si/c1-19(2,3)28(4,5)26-11-20-15(23)10-13(16(24)17(20)27-20)21-18(25)12-8-6-7-9-14(12)22/h6-10,17,22H,11H2,1-5H3,(H,21,25). The topological polar surface area (TPSA) is 105 Å². The van der Waals surface area contributed by atoms with Crippen molar-refractivity contribution in [1.29, 1.82) is 0 Å². The zero-order valence-corrected chi connectivity index (χ0v) is 17.7. The normalized spacial score (nSPS) is 24.5. The molecule has 2 N–H and O–H groups in total. The molecule has 0 saturated carbocycles. The van der Waals surface area contributed by atoms with Gasteiger partial charge in [-0.1, -0.05) is 32.9 Å². The third-order valence-electron chi connectivity index (χ3n) is 5.74. The van der Waals surface area contributed by atoms with Gasteiger partial charge in [-0.15, -0.1) is 0 Å². The van der Waals surface area contributed by atoms with Gasteiger partial charge in [-0.3, -0.25) is 14.4 Å². The lowest BCUT2D eigenvalue weighted by Gasteiger charge is -2.36. The van der Waals surface area contributed by atoms with Gasteiger partial charge in [0.25, 0.3) is 5.91 Å². The lowest BCUT2D eigenvalue weighted by atomic mass is 9.90. The van der Waals surface area contributed by atoms with Crippen LogP contribution in [0, 0.1) is 0 Å². The van der Waals surface area contributed by atoms with Gasteiger partial charge in [0.15, 0.2) is 25.8 Å². The summed E-state index contributed by atoms with van der Waals surface area (Å²) in [6.45, 7) is 10.4. The highest BCUT2D eigenvalue weighted by atomic mass is 28.4. The molecule has 7 nitrogen and oxygen atoms in total. The van der Waals surface area contributed by atoms with E-state index in [-0.39, 0.29) is 28.7 Å². The van der Waals surface area contributed by atoms with Crippen LogP contribution in [0.25, 0.3) is 0 Å². The minimum atomic E-state index is -2.12. The predicted octanol–water partition coefficient (Wildman–Crippen LogP) is 2.32. The molecule has 0 radical (unpaired) electrons. The molecule has 0 bridgehead atoms. The lowest BCUT2D eigenvalue weighted by molar-refractivity contribution is -0.123. The third kappa shape index (κ3) is 3.43. The Morgan fingerprint density at radius 1 is 1.29 bits per heavy atom. The summed E-state index contributed by atoms with van der Waals surface area (Å²) in [5, 5.41) is 12.1. The molecule has 1 aliphatic heterocycles. The first-order chi connectivity index (χ1) is 12.9. The van der Waals surface area contributed by atoms with Crippen molar-refractivity contribution in [3.8, 4) is 5.75 Å². The smallest absolute Gasteiger partial charge is 0.259 e. The molecule has 2 atom stereocenters. The number of hydrogen-bond acceptors (Lipinski definition) is 6. The average molecular weight is 404 g/mol. The fourth-order valence-corrected chi connectivity index (χ4v) is 3.74. The van der Waals surface area contributed by atoms with Gasteiger partial charge < -0.3 is 19.6 Å². The number of phenols is 1. The third-order valence-corrected chi connectivity index (χ3v) is 10.2. The molecule has 2 aliphatic rings. The zero-order valence-electron chi connectivity index (χ0n) is 16.7. The van der Waals surface area contributed by atoms with Crippen LogP contribution in [-0.4, -0.2) is 49.2 Å². The number of ketones is 2. The van der Waals surface area contributed by atoms with Gasteiger partial charge in [0, 0.05) is 6.08 Å². The van der Waals surface area contributed by atoms with Crippen molar-refractivity contribution < 1.29 is 28.7 Å². The van der Waals surface area contributed by atoms with Gasteiger partial charge >= 0.3 is 0 Å². The van der Waals surface area contributed by atoms with Crippen molar-refractivity contribution in [2.75, 3.05) is 6.61 Å². The summed E-state index contributed by atoms with van der Waals surface area (Å²) in [4.78, 5) is 37.6. The van der Waals surface area contributed by atoms with E-state index < -0.39 is 37.5 Å². The fourth-order valence-electron chi connectivity index (χ4n) is 2.73. The number of para-hydroxylation sites is 1. The summed E-state index contributed by atoms with van der Waals surface area (Å²) in [7, 11) is -2.12. The maximum atomic E-state index is 12.6. The number of carbonyl (C=O) groups is 3. The van der Waals surface area contributed by atoms with Crippen molar-refractivity contribution in [3.05, 3.63) is 41.6 Å². The number of benzene rings is 1. The second kappa shape index (κ2) is 6.65. The van der Waals surface area contributed by atoms with Crippen LogP contribution in [0.3, 0.4) is 0 Å². The van der Waals surface area contributed by atoms with E-state index in [2.05, 4.69) is 39.2 Å². The number of Topliss-reactive ketones (excluding diaryl/α,β-unsaturated/α-hetero) is 1. The fraction of sp³-hybridized carbons (Fsp3) is 0.450. The van der Waals surface area contributed by atoms with Gasteiger partial charge in [0.05, 0.1) is 17.9 Å². The first-order valence-electron chi connectivity index (χ1n) is 9.10. The Labute approximate surface area is 164 Å². The number of nitrogens with one attached hydrogen (secondary N) is 1. The van der Waals surface area contributed by atoms with E-state index in [0.717, 1.165) is 6.08 Å². The largest absolute Gasteiger partial charge is 0.507 e. The summed E-state index contributed by atoms with van der Waals surface area (Å²) in [6.07, 6.45) is 0.146. The molecule has 0 aromatic heterocycles. The number of hydrogen-bond donors (Lipinski definition) is 2. The minimum absolute atomic E-state index is 0.0125. The van der Waals surface area contributed by atoms with E-state index in [1.165, 1.54) is 12.1 Å². The van der Waals surface area contributed by atoms with E-state index in [1.807, 2.05) is 0 Å². The summed E-state index contributed by atoms with van der Waals surface area (Å²) in [5.41, 5.74) is -1.41. The van der Waals surface area contributed by atoms with Crippen LogP contribution in [0.15, 0.2) is 36.0 Å². The van der Waals surface area contributed by atoms with E-state index >= 15 is 0 Å². The Kier molecular flexibility index (Phi) is 4.85. The molecule has 1 aromatic carbocycles. The second-order valence-corrected chi connectivity index (χ2v) is 13.5. The molecule has 2 unspecified atom stereocenters. The summed E-state index contributed by atoms with van der Waals surface area (Å²) in [6, 6.07) is 5.95. The summed E-state index contributed by atoms with van der Waals surface area (Å²) >= 11 is 0. The van der Waals surface area contributed by atoms with Crippen LogP contribution in [-0.2, 0) is 18.8 Å². The number of epoxide rings is 1. The van der Waals surface area contributed by atoms with Crippen molar-refractivity contribution in [2.24, 2.45) is 0 Å². The predicted molar refractivity (Wildman–Crippen MR) is 104 cm³/mol. The van der Waals surface area contributed by atoms with Crippen molar-refractivity contribution in [2.45, 2.75) is 50.6 Å². The molecule has 1 heterocycles. The highest BCUT2D eigenvalue weighted by Crippen LogP contribution is 2.45. The number of rotatable bonds is 5.